The summed E-state index contributed by atoms with van der Waals surface area (Å²) < 4.78 is 13.1. The number of piperazine rings is 1. The highest BCUT2D eigenvalue weighted by molar-refractivity contribution is 5.97. The number of nitrogens with zero attached hydrogens (tertiary/aromatic N) is 4. The van der Waals surface area contributed by atoms with Gasteiger partial charge in [-0.05, 0) is 69.1 Å². The number of aromatic nitrogens is 2. The molecule has 2 fully saturated rings. The first kappa shape index (κ1) is 25.1. The number of anilines is 1. The van der Waals surface area contributed by atoms with Crippen molar-refractivity contribution in [3.63, 3.8) is 0 Å². The first-order valence-electron chi connectivity index (χ1n) is 12.9. The van der Waals surface area contributed by atoms with Crippen molar-refractivity contribution in [3.8, 4) is 22.6 Å². The molecule has 3 heterocycles. The van der Waals surface area contributed by atoms with Crippen LogP contribution in [0, 0.1) is 6.92 Å². The van der Waals surface area contributed by atoms with E-state index in [9.17, 15) is 4.79 Å². The lowest BCUT2D eigenvalue weighted by Crippen LogP contribution is -2.52. The zero-order valence-electron chi connectivity index (χ0n) is 22.6. The zero-order valence-corrected chi connectivity index (χ0v) is 22.6. The van der Waals surface area contributed by atoms with Crippen molar-refractivity contribution in [3.05, 3.63) is 59.4 Å². The fourth-order valence-electron chi connectivity index (χ4n) is 5.74. The summed E-state index contributed by atoms with van der Waals surface area (Å²) in [6, 6.07) is 11.2. The predicted octanol–water partition coefficient (Wildman–Crippen LogP) is 4.19. The summed E-state index contributed by atoms with van der Waals surface area (Å²) in [7, 11) is 7.37. The van der Waals surface area contributed by atoms with E-state index in [4.69, 9.17) is 9.47 Å². The molecule has 3 aromatic rings. The fraction of sp³-hybridized carbons (Fsp3) is 0.448. The third kappa shape index (κ3) is 4.78. The molecule has 1 N–H and O–H groups in total. The molecule has 5 rings (SSSR count). The van der Waals surface area contributed by atoms with Crippen LogP contribution in [-0.2, 0) is 7.05 Å². The monoisotopic (exact) mass is 503 g/mol. The molecule has 0 aliphatic carbocycles. The highest BCUT2D eigenvalue weighted by Gasteiger charge is 2.37. The maximum atomic E-state index is 13.5. The molecule has 196 valence electrons. The lowest BCUT2D eigenvalue weighted by atomic mass is 9.99. The molecule has 3 atom stereocenters. The molecular weight excluding hydrogens is 466 g/mol. The number of methoxy groups -OCH3 is 2. The summed E-state index contributed by atoms with van der Waals surface area (Å²) in [5.74, 6) is 1.17. The van der Waals surface area contributed by atoms with Gasteiger partial charge in [-0.15, -0.1) is 0 Å². The van der Waals surface area contributed by atoms with E-state index >= 15 is 0 Å². The van der Waals surface area contributed by atoms with Gasteiger partial charge < -0.3 is 19.7 Å². The van der Waals surface area contributed by atoms with Crippen molar-refractivity contribution in [2.24, 2.45) is 7.05 Å². The van der Waals surface area contributed by atoms with Crippen LogP contribution in [0.5, 0.6) is 11.5 Å². The van der Waals surface area contributed by atoms with Gasteiger partial charge in [-0.2, -0.15) is 5.10 Å². The Morgan fingerprint density at radius 1 is 1.08 bits per heavy atom. The number of amides is 1. The Morgan fingerprint density at radius 3 is 2.43 bits per heavy atom. The zero-order chi connectivity index (χ0) is 26.3. The van der Waals surface area contributed by atoms with Gasteiger partial charge in [0, 0.05) is 60.8 Å². The molecule has 8 heteroatoms. The Kier molecular flexibility index (Phi) is 6.86. The molecule has 2 aromatic carbocycles. The Bertz CT molecular complexity index is 1290. The molecule has 0 saturated carbocycles. The largest absolute Gasteiger partial charge is 0.493 e. The van der Waals surface area contributed by atoms with Crippen LogP contribution in [0.25, 0.3) is 11.1 Å². The van der Waals surface area contributed by atoms with Crippen molar-refractivity contribution in [1.82, 2.24) is 20.0 Å². The quantitative estimate of drug-likeness (QED) is 0.522. The van der Waals surface area contributed by atoms with Crippen LogP contribution in [0.4, 0.5) is 5.69 Å². The summed E-state index contributed by atoms with van der Waals surface area (Å²) in [4.78, 5) is 18.5. The molecule has 2 aliphatic heterocycles. The summed E-state index contributed by atoms with van der Waals surface area (Å²) >= 11 is 0. The van der Waals surface area contributed by atoms with E-state index in [-0.39, 0.29) is 11.9 Å². The fourth-order valence-corrected chi connectivity index (χ4v) is 5.74. The Hall–Kier alpha value is -3.52. The topological polar surface area (TPSA) is 71.9 Å². The average Bonchev–Trinajstić information content (AvgIpc) is 3.39. The highest BCUT2D eigenvalue weighted by Crippen LogP contribution is 2.40. The molecule has 1 aromatic heterocycles. The van der Waals surface area contributed by atoms with Gasteiger partial charge in [-0.3, -0.25) is 14.4 Å². The van der Waals surface area contributed by atoms with Gasteiger partial charge in [0.25, 0.3) is 5.91 Å². The number of hydrogen-bond donors (Lipinski definition) is 1. The lowest BCUT2D eigenvalue weighted by Gasteiger charge is -2.40. The Balaban J connectivity index is 1.39. The second-order valence-electron chi connectivity index (χ2n) is 10.4. The third-order valence-electron chi connectivity index (χ3n) is 8.04. The highest BCUT2D eigenvalue weighted by atomic mass is 16.5. The summed E-state index contributed by atoms with van der Waals surface area (Å²) in [5, 5.41) is 7.51. The second-order valence-corrected chi connectivity index (χ2v) is 10.4. The summed E-state index contributed by atoms with van der Waals surface area (Å²) in [5.41, 5.74) is 5.52. The molecule has 2 saturated heterocycles. The number of aryl methyl sites for hydroxylation is 2. The molecule has 37 heavy (non-hydrogen) atoms. The number of fused-ring (bicyclic) bond motifs is 2. The van der Waals surface area contributed by atoms with Crippen LogP contribution in [0.15, 0.2) is 42.7 Å². The van der Waals surface area contributed by atoms with Gasteiger partial charge in [0.05, 0.1) is 26.5 Å². The normalized spacial score (nSPS) is 20.1. The number of carbonyl (C=O) groups is 1. The predicted molar refractivity (Wildman–Crippen MR) is 146 cm³/mol. The summed E-state index contributed by atoms with van der Waals surface area (Å²) in [6.07, 6.45) is 6.23. The average molecular weight is 504 g/mol. The van der Waals surface area contributed by atoms with Crippen molar-refractivity contribution < 1.29 is 14.3 Å². The third-order valence-corrected chi connectivity index (χ3v) is 8.04. The van der Waals surface area contributed by atoms with E-state index < -0.39 is 0 Å². The number of likely N-dealkylation sites (N-methyl/N-ethyl adjacent to an activating group) is 1. The number of nitrogens with one attached hydrogen (secondary N) is 1. The number of rotatable bonds is 7. The van der Waals surface area contributed by atoms with Crippen molar-refractivity contribution in [2.75, 3.05) is 39.3 Å². The number of benzene rings is 2. The SMILES string of the molecule is COc1cc([C@@H](C)NC(=O)c2cc(N3C[C@H]4CC[C@@H](C3)N4C)ccc2C)cc(-c2cnn(C)c2)c1OC. The minimum Gasteiger partial charge on any atom is -0.493 e. The van der Waals surface area contributed by atoms with Gasteiger partial charge in [0.1, 0.15) is 0 Å². The number of carbonyl (C=O) groups excluding carboxylic acids is 1. The first-order chi connectivity index (χ1) is 17.8. The molecule has 1 amide bonds. The second kappa shape index (κ2) is 10.1. The standard InChI is InChI=1S/C29H37N5O3/c1-18-7-8-22(34-16-23-9-10-24(17-34)33(23)4)13-25(18)29(35)31-19(2)20-11-26(21-14-30-32(3)15-21)28(37-6)27(12-20)36-5/h7-8,11-15,19,23-24H,9-10,16-17H2,1-6H3,(H,31,35)/t19-,23-,24+/m1/s1. The summed E-state index contributed by atoms with van der Waals surface area (Å²) in [6.45, 7) is 6.00. The smallest absolute Gasteiger partial charge is 0.252 e. The molecule has 2 aliphatic rings. The van der Waals surface area contributed by atoms with Crippen LogP contribution < -0.4 is 19.7 Å². The lowest BCUT2D eigenvalue weighted by molar-refractivity contribution is 0.0939. The molecule has 2 bridgehead atoms. The van der Waals surface area contributed by atoms with Crippen LogP contribution in [0.2, 0.25) is 0 Å². The van der Waals surface area contributed by atoms with Gasteiger partial charge in [0.15, 0.2) is 11.5 Å². The number of hydrogen-bond acceptors (Lipinski definition) is 6. The minimum absolute atomic E-state index is 0.0818. The van der Waals surface area contributed by atoms with Crippen molar-refractivity contribution in [1.29, 1.82) is 0 Å². The van der Waals surface area contributed by atoms with Crippen LogP contribution in [-0.4, -0.2) is 67.0 Å². The van der Waals surface area contributed by atoms with Gasteiger partial charge in [-0.25, -0.2) is 0 Å². The van der Waals surface area contributed by atoms with Crippen molar-refractivity contribution >= 4 is 11.6 Å². The first-order valence-corrected chi connectivity index (χ1v) is 12.9. The van der Waals surface area contributed by atoms with Gasteiger partial charge in [0.2, 0.25) is 0 Å². The Morgan fingerprint density at radius 2 is 1.81 bits per heavy atom. The van der Waals surface area contributed by atoms with E-state index in [1.165, 1.54) is 12.8 Å². The van der Waals surface area contributed by atoms with Gasteiger partial charge >= 0.3 is 0 Å². The van der Waals surface area contributed by atoms with E-state index in [1.54, 1.807) is 25.1 Å². The van der Waals surface area contributed by atoms with Gasteiger partial charge in [-0.1, -0.05) is 6.07 Å². The molecule has 8 nitrogen and oxygen atoms in total. The van der Waals surface area contributed by atoms with E-state index in [0.29, 0.717) is 29.1 Å². The maximum absolute atomic E-state index is 13.5. The number of ether oxygens (including phenoxy) is 2. The molecule has 0 radical (unpaired) electrons. The molecule has 0 unspecified atom stereocenters. The van der Waals surface area contributed by atoms with E-state index in [0.717, 1.165) is 41.0 Å². The minimum atomic E-state index is -0.245. The Labute approximate surface area is 219 Å². The molecular formula is C29H37N5O3. The van der Waals surface area contributed by atoms with Crippen molar-refractivity contribution in [2.45, 2.75) is 44.8 Å². The van der Waals surface area contributed by atoms with E-state index in [2.05, 4.69) is 45.5 Å². The van der Waals surface area contributed by atoms with Crippen LogP contribution in [0.1, 0.15) is 47.3 Å². The van der Waals surface area contributed by atoms with Crippen LogP contribution >= 0.6 is 0 Å². The maximum Gasteiger partial charge on any atom is 0.252 e. The van der Waals surface area contributed by atoms with Crippen LogP contribution in [0.3, 0.4) is 0 Å². The molecule has 0 spiro atoms. The van der Waals surface area contributed by atoms with E-state index in [1.807, 2.05) is 39.2 Å².